The molecule has 0 aromatic heterocycles. The second-order valence-electron chi connectivity index (χ2n) is 5.77. The molecule has 3 rings (SSSR count). The van der Waals surface area contributed by atoms with Gasteiger partial charge in [0.1, 0.15) is 5.75 Å². The Morgan fingerprint density at radius 1 is 1.30 bits per heavy atom. The highest BCUT2D eigenvalue weighted by Crippen LogP contribution is 2.23. The molecule has 1 atom stereocenters. The van der Waals surface area contributed by atoms with E-state index < -0.39 is 0 Å². The van der Waals surface area contributed by atoms with Crippen molar-refractivity contribution in [3.05, 3.63) is 29.8 Å². The van der Waals surface area contributed by atoms with E-state index in [2.05, 4.69) is 10.6 Å². The number of hydrogen-bond acceptors (Lipinski definition) is 3. The van der Waals surface area contributed by atoms with Crippen molar-refractivity contribution in [2.75, 3.05) is 19.7 Å². The van der Waals surface area contributed by atoms with Crippen molar-refractivity contribution in [2.45, 2.75) is 31.7 Å². The molecular weight excluding hydrogens is 252 g/mol. The van der Waals surface area contributed by atoms with Crippen LogP contribution in [0.3, 0.4) is 0 Å². The second-order valence-corrected chi connectivity index (χ2v) is 5.77. The van der Waals surface area contributed by atoms with Crippen molar-refractivity contribution >= 4 is 5.91 Å². The van der Waals surface area contributed by atoms with Crippen LogP contribution in [0.1, 0.15) is 36.0 Å². The summed E-state index contributed by atoms with van der Waals surface area (Å²) in [6.07, 6.45) is 4.60. The van der Waals surface area contributed by atoms with Crippen molar-refractivity contribution < 1.29 is 9.53 Å². The van der Waals surface area contributed by atoms with Gasteiger partial charge in [-0.1, -0.05) is 12.1 Å². The summed E-state index contributed by atoms with van der Waals surface area (Å²) in [5.74, 6) is 1.24. The summed E-state index contributed by atoms with van der Waals surface area (Å²) in [5.41, 5.74) is 0.656. The third kappa shape index (κ3) is 3.51. The molecule has 0 bridgehead atoms. The lowest BCUT2D eigenvalue weighted by Crippen LogP contribution is -2.33. The molecule has 1 aliphatic heterocycles. The zero-order chi connectivity index (χ0) is 13.8. The fourth-order valence-electron chi connectivity index (χ4n) is 2.54. The number of rotatable bonds is 5. The summed E-state index contributed by atoms with van der Waals surface area (Å²) in [6, 6.07) is 7.90. The molecule has 20 heavy (non-hydrogen) atoms. The third-order valence-corrected chi connectivity index (χ3v) is 3.92. The number of nitrogens with one attached hydrogen (secondary N) is 2. The molecule has 2 N–H and O–H groups in total. The van der Waals surface area contributed by atoms with Crippen molar-refractivity contribution in [2.24, 2.45) is 5.92 Å². The monoisotopic (exact) mass is 274 g/mol. The molecule has 0 radical (unpaired) electrons. The molecule has 108 valence electrons. The number of carbonyl (C=O) groups is 1. The van der Waals surface area contributed by atoms with E-state index in [1.807, 2.05) is 24.3 Å². The minimum atomic E-state index is -0.00938. The van der Waals surface area contributed by atoms with Crippen LogP contribution in [0.15, 0.2) is 24.3 Å². The van der Waals surface area contributed by atoms with Gasteiger partial charge in [0.05, 0.1) is 12.2 Å². The summed E-state index contributed by atoms with van der Waals surface area (Å²) in [4.78, 5) is 12.2. The lowest BCUT2D eigenvalue weighted by molar-refractivity contribution is 0.0945. The molecule has 1 saturated heterocycles. The Morgan fingerprint density at radius 2 is 2.15 bits per heavy atom. The predicted molar refractivity (Wildman–Crippen MR) is 78.0 cm³/mol. The zero-order valence-corrected chi connectivity index (χ0v) is 11.7. The fraction of sp³-hybridized carbons (Fsp3) is 0.562. The molecule has 4 heteroatoms. The van der Waals surface area contributed by atoms with Crippen LogP contribution in [0.4, 0.5) is 0 Å². The van der Waals surface area contributed by atoms with Gasteiger partial charge in [-0.25, -0.2) is 0 Å². The molecule has 1 heterocycles. The second kappa shape index (κ2) is 6.27. The topological polar surface area (TPSA) is 50.4 Å². The first-order chi connectivity index (χ1) is 9.83. The minimum absolute atomic E-state index is 0.00938. The zero-order valence-electron chi connectivity index (χ0n) is 11.7. The predicted octanol–water partition coefficient (Wildman–Crippen LogP) is 1.96. The van der Waals surface area contributed by atoms with E-state index in [9.17, 15) is 4.79 Å². The summed E-state index contributed by atoms with van der Waals surface area (Å²) in [7, 11) is 0. The SMILES string of the molecule is O=C(NC1CC1)c1ccccc1OCC1CCCNC1. The van der Waals surface area contributed by atoms with Gasteiger partial charge in [0.15, 0.2) is 0 Å². The van der Waals surface area contributed by atoms with Crippen LogP contribution in [-0.2, 0) is 0 Å². The van der Waals surface area contributed by atoms with E-state index in [0.29, 0.717) is 29.9 Å². The van der Waals surface area contributed by atoms with Crippen LogP contribution in [0.2, 0.25) is 0 Å². The quantitative estimate of drug-likeness (QED) is 0.863. The summed E-state index contributed by atoms with van der Waals surface area (Å²) in [5, 5.41) is 6.40. The van der Waals surface area contributed by atoms with Crippen molar-refractivity contribution in [1.82, 2.24) is 10.6 Å². The third-order valence-electron chi connectivity index (χ3n) is 3.92. The van der Waals surface area contributed by atoms with E-state index in [1.165, 1.54) is 12.8 Å². The average molecular weight is 274 g/mol. The Labute approximate surface area is 119 Å². The molecule has 2 fully saturated rings. The Morgan fingerprint density at radius 3 is 2.90 bits per heavy atom. The summed E-state index contributed by atoms with van der Waals surface area (Å²) < 4.78 is 5.90. The van der Waals surface area contributed by atoms with Gasteiger partial charge in [0, 0.05) is 18.5 Å². The highest BCUT2D eigenvalue weighted by molar-refractivity contribution is 5.97. The molecule has 1 unspecified atom stereocenters. The molecule has 4 nitrogen and oxygen atoms in total. The van der Waals surface area contributed by atoms with Gasteiger partial charge >= 0.3 is 0 Å². The summed E-state index contributed by atoms with van der Waals surface area (Å²) >= 11 is 0. The number of ether oxygens (including phenoxy) is 1. The normalized spacial score (nSPS) is 22.3. The highest BCUT2D eigenvalue weighted by Gasteiger charge is 2.25. The molecule has 1 saturated carbocycles. The maximum atomic E-state index is 12.2. The molecule has 2 aliphatic rings. The highest BCUT2D eigenvalue weighted by atomic mass is 16.5. The van der Waals surface area contributed by atoms with Crippen LogP contribution in [-0.4, -0.2) is 31.6 Å². The molecular formula is C16H22N2O2. The largest absolute Gasteiger partial charge is 0.492 e. The van der Waals surface area contributed by atoms with Gasteiger partial charge in [-0.3, -0.25) is 4.79 Å². The first-order valence-corrected chi connectivity index (χ1v) is 7.56. The Bertz CT molecular complexity index is 465. The Balaban J connectivity index is 1.60. The van der Waals surface area contributed by atoms with E-state index in [0.717, 1.165) is 25.9 Å². The summed E-state index contributed by atoms with van der Waals surface area (Å²) in [6.45, 7) is 2.80. The first kappa shape index (κ1) is 13.4. The molecule has 1 aromatic carbocycles. The van der Waals surface area contributed by atoms with Gasteiger partial charge in [-0.05, 0) is 44.4 Å². The standard InChI is InChI=1S/C16H22N2O2/c19-16(18-13-7-8-13)14-5-1-2-6-15(14)20-11-12-4-3-9-17-10-12/h1-2,5-6,12-13,17H,3-4,7-11H2,(H,18,19). The van der Waals surface area contributed by atoms with Crippen LogP contribution >= 0.6 is 0 Å². The first-order valence-electron chi connectivity index (χ1n) is 7.56. The van der Waals surface area contributed by atoms with Crippen molar-refractivity contribution in [1.29, 1.82) is 0 Å². The molecule has 1 aliphatic carbocycles. The number of hydrogen-bond donors (Lipinski definition) is 2. The molecule has 0 spiro atoms. The van der Waals surface area contributed by atoms with E-state index in [-0.39, 0.29) is 5.91 Å². The van der Waals surface area contributed by atoms with Gasteiger partial charge in [-0.2, -0.15) is 0 Å². The van der Waals surface area contributed by atoms with E-state index >= 15 is 0 Å². The van der Waals surface area contributed by atoms with Gasteiger partial charge < -0.3 is 15.4 Å². The smallest absolute Gasteiger partial charge is 0.255 e. The number of amides is 1. The maximum Gasteiger partial charge on any atom is 0.255 e. The molecule has 1 aromatic rings. The van der Waals surface area contributed by atoms with Gasteiger partial charge in [0.2, 0.25) is 0 Å². The van der Waals surface area contributed by atoms with E-state index in [1.54, 1.807) is 0 Å². The number of carbonyl (C=O) groups excluding carboxylic acids is 1. The Kier molecular flexibility index (Phi) is 4.21. The van der Waals surface area contributed by atoms with Gasteiger partial charge in [0.25, 0.3) is 5.91 Å². The van der Waals surface area contributed by atoms with Crippen LogP contribution in [0, 0.1) is 5.92 Å². The molecule has 1 amide bonds. The van der Waals surface area contributed by atoms with Crippen LogP contribution in [0.5, 0.6) is 5.75 Å². The van der Waals surface area contributed by atoms with Crippen molar-refractivity contribution in [3.8, 4) is 5.75 Å². The number of piperidine rings is 1. The van der Waals surface area contributed by atoms with Gasteiger partial charge in [-0.15, -0.1) is 0 Å². The Hall–Kier alpha value is -1.55. The lowest BCUT2D eigenvalue weighted by Gasteiger charge is -2.23. The van der Waals surface area contributed by atoms with Crippen LogP contribution < -0.4 is 15.4 Å². The lowest BCUT2D eigenvalue weighted by atomic mass is 10.0. The minimum Gasteiger partial charge on any atom is -0.492 e. The van der Waals surface area contributed by atoms with Crippen LogP contribution in [0.25, 0.3) is 0 Å². The maximum absolute atomic E-state index is 12.2. The number of benzene rings is 1. The fourth-order valence-corrected chi connectivity index (χ4v) is 2.54. The van der Waals surface area contributed by atoms with Crippen molar-refractivity contribution in [3.63, 3.8) is 0 Å². The average Bonchev–Trinajstić information content (AvgIpc) is 3.30. The number of para-hydroxylation sites is 1. The van der Waals surface area contributed by atoms with E-state index in [4.69, 9.17) is 4.74 Å².